The lowest BCUT2D eigenvalue weighted by Crippen LogP contribution is -2.47. The van der Waals surface area contributed by atoms with Gasteiger partial charge in [-0.15, -0.1) is 11.6 Å². The van der Waals surface area contributed by atoms with E-state index in [0.29, 0.717) is 11.3 Å². The molecule has 1 saturated heterocycles. The quantitative estimate of drug-likeness (QED) is 0.508. The summed E-state index contributed by atoms with van der Waals surface area (Å²) in [6.07, 6.45) is 0. The Bertz CT molecular complexity index is 932. The van der Waals surface area contributed by atoms with E-state index in [1.54, 1.807) is 30.3 Å². The number of para-hydroxylation sites is 1. The molecule has 2 aliphatic rings. The van der Waals surface area contributed by atoms with E-state index in [0.717, 1.165) is 4.90 Å². The third-order valence-corrected chi connectivity index (χ3v) is 5.20. The molecule has 2 aliphatic heterocycles. The Morgan fingerprint density at radius 3 is 2.52 bits per heavy atom. The zero-order valence-electron chi connectivity index (χ0n) is 12.8. The van der Waals surface area contributed by atoms with E-state index < -0.39 is 34.3 Å². The summed E-state index contributed by atoms with van der Waals surface area (Å²) < 4.78 is 13.9. The molecule has 2 aromatic carbocycles. The number of fused-ring (bicyclic) bond motifs is 2. The van der Waals surface area contributed by atoms with Gasteiger partial charge in [-0.3, -0.25) is 19.3 Å². The van der Waals surface area contributed by atoms with Gasteiger partial charge in [-0.05, 0) is 12.1 Å². The molecule has 1 spiro atoms. The average Bonchev–Trinajstić information content (AvgIpc) is 3.00. The fourth-order valence-corrected chi connectivity index (χ4v) is 3.86. The van der Waals surface area contributed by atoms with Gasteiger partial charge in [0.25, 0.3) is 5.91 Å². The highest BCUT2D eigenvalue weighted by Crippen LogP contribution is 2.48. The van der Waals surface area contributed by atoms with Crippen LogP contribution in [-0.4, -0.2) is 28.0 Å². The smallest absolute Gasteiger partial charge is 0.251 e. The summed E-state index contributed by atoms with van der Waals surface area (Å²) in [5, 5.41) is 1.23. The first kappa shape index (κ1) is 15.8. The SMILES string of the molecule is O=C1C(Cl)C2(C(=O)Nc3ccccc32)C(=O)N1Cc1ccccc1F. The predicted octanol–water partition coefficient (Wildman–Crippen LogP) is 2.19. The second-order valence-corrected chi connectivity index (χ2v) is 6.43. The van der Waals surface area contributed by atoms with Gasteiger partial charge >= 0.3 is 0 Å². The first-order chi connectivity index (χ1) is 12.0. The van der Waals surface area contributed by atoms with Gasteiger partial charge in [0.15, 0.2) is 5.41 Å². The van der Waals surface area contributed by atoms with Gasteiger partial charge in [-0.1, -0.05) is 36.4 Å². The Hall–Kier alpha value is -2.73. The maximum absolute atomic E-state index is 13.9. The van der Waals surface area contributed by atoms with Crippen LogP contribution in [0.4, 0.5) is 10.1 Å². The number of imide groups is 1. The number of hydrogen-bond acceptors (Lipinski definition) is 3. The van der Waals surface area contributed by atoms with Crippen LogP contribution in [0.3, 0.4) is 0 Å². The number of benzene rings is 2. The molecule has 0 aliphatic carbocycles. The van der Waals surface area contributed by atoms with Crippen molar-refractivity contribution in [1.29, 1.82) is 0 Å². The normalized spacial score (nSPS) is 24.8. The van der Waals surface area contributed by atoms with Crippen LogP contribution in [0.5, 0.6) is 0 Å². The largest absolute Gasteiger partial charge is 0.324 e. The van der Waals surface area contributed by atoms with E-state index in [1.165, 1.54) is 18.2 Å². The van der Waals surface area contributed by atoms with Crippen LogP contribution >= 0.6 is 11.6 Å². The lowest BCUT2D eigenvalue weighted by molar-refractivity contribution is -0.141. The molecule has 2 aromatic rings. The molecular formula is C18H12ClFN2O3. The molecule has 0 aromatic heterocycles. The molecule has 7 heteroatoms. The molecule has 2 unspecified atom stereocenters. The van der Waals surface area contributed by atoms with Crippen molar-refractivity contribution in [3.05, 3.63) is 65.5 Å². The van der Waals surface area contributed by atoms with Crippen LogP contribution in [-0.2, 0) is 26.3 Å². The van der Waals surface area contributed by atoms with Crippen LogP contribution < -0.4 is 5.32 Å². The second kappa shape index (κ2) is 5.39. The van der Waals surface area contributed by atoms with Crippen molar-refractivity contribution in [1.82, 2.24) is 4.90 Å². The Balaban J connectivity index is 1.80. The molecule has 126 valence electrons. The van der Waals surface area contributed by atoms with Gasteiger partial charge in [-0.2, -0.15) is 0 Å². The summed E-state index contributed by atoms with van der Waals surface area (Å²) in [7, 11) is 0. The summed E-state index contributed by atoms with van der Waals surface area (Å²) >= 11 is 6.28. The molecule has 25 heavy (non-hydrogen) atoms. The number of anilines is 1. The van der Waals surface area contributed by atoms with Crippen molar-refractivity contribution in [2.24, 2.45) is 0 Å². The highest BCUT2D eigenvalue weighted by Gasteiger charge is 2.67. The summed E-state index contributed by atoms with van der Waals surface area (Å²) in [6.45, 7) is -0.273. The third-order valence-electron chi connectivity index (χ3n) is 4.69. The number of alkyl halides is 1. The molecule has 1 N–H and O–H groups in total. The highest BCUT2D eigenvalue weighted by atomic mass is 35.5. The number of rotatable bonds is 2. The summed E-state index contributed by atoms with van der Waals surface area (Å²) in [4.78, 5) is 39.2. The van der Waals surface area contributed by atoms with E-state index in [4.69, 9.17) is 11.6 Å². The number of nitrogens with one attached hydrogen (secondary N) is 1. The van der Waals surface area contributed by atoms with Gasteiger partial charge in [0.1, 0.15) is 11.2 Å². The van der Waals surface area contributed by atoms with Gasteiger partial charge < -0.3 is 5.32 Å². The number of likely N-dealkylation sites (tertiary alicyclic amines) is 1. The maximum atomic E-state index is 13.9. The molecule has 0 saturated carbocycles. The molecule has 2 heterocycles. The number of carbonyl (C=O) groups excluding carboxylic acids is 3. The lowest BCUT2D eigenvalue weighted by atomic mass is 9.79. The van der Waals surface area contributed by atoms with Crippen molar-refractivity contribution in [2.75, 3.05) is 5.32 Å². The standard InChI is InChI=1S/C18H12ClFN2O3/c19-14-15(23)22(9-10-5-1-3-7-12(10)20)17(25)18(14)11-6-2-4-8-13(11)21-16(18)24/h1-8,14H,9H2,(H,21,24). The van der Waals surface area contributed by atoms with Crippen molar-refractivity contribution < 1.29 is 18.8 Å². The minimum Gasteiger partial charge on any atom is -0.324 e. The van der Waals surface area contributed by atoms with Crippen molar-refractivity contribution in [2.45, 2.75) is 17.3 Å². The molecule has 5 nitrogen and oxygen atoms in total. The van der Waals surface area contributed by atoms with E-state index in [-0.39, 0.29) is 12.1 Å². The van der Waals surface area contributed by atoms with Crippen LogP contribution in [0, 0.1) is 5.82 Å². The molecule has 3 amide bonds. The van der Waals surface area contributed by atoms with E-state index >= 15 is 0 Å². The minimum atomic E-state index is -1.81. The number of hydrogen-bond donors (Lipinski definition) is 1. The zero-order valence-corrected chi connectivity index (χ0v) is 13.6. The molecule has 0 bridgehead atoms. The summed E-state index contributed by atoms with van der Waals surface area (Å²) in [5.74, 6) is -2.61. The molecular weight excluding hydrogens is 347 g/mol. The Labute approximate surface area is 147 Å². The van der Waals surface area contributed by atoms with Gasteiger partial charge in [0.05, 0.1) is 6.54 Å². The van der Waals surface area contributed by atoms with Crippen LogP contribution in [0.1, 0.15) is 11.1 Å². The van der Waals surface area contributed by atoms with Crippen molar-refractivity contribution in [3.8, 4) is 0 Å². The average molecular weight is 359 g/mol. The topological polar surface area (TPSA) is 66.5 Å². The third kappa shape index (κ3) is 1.97. The molecule has 2 atom stereocenters. The van der Waals surface area contributed by atoms with Gasteiger partial charge in [0.2, 0.25) is 11.8 Å². The first-order valence-electron chi connectivity index (χ1n) is 7.62. The summed E-state index contributed by atoms with van der Waals surface area (Å²) in [5.41, 5.74) is -0.807. The van der Waals surface area contributed by atoms with Crippen LogP contribution in [0.15, 0.2) is 48.5 Å². The van der Waals surface area contributed by atoms with Crippen LogP contribution in [0.2, 0.25) is 0 Å². The highest BCUT2D eigenvalue weighted by molar-refractivity contribution is 6.44. The number of carbonyl (C=O) groups is 3. The second-order valence-electron chi connectivity index (χ2n) is 5.99. The fourth-order valence-electron chi connectivity index (χ4n) is 3.43. The Morgan fingerprint density at radius 2 is 1.76 bits per heavy atom. The number of amides is 3. The fraction of sp³-hybridized carbons (Fsp3) is 0.167. The van der Waals surface area contributed by atoms with Gasteiger partial charge in [-0.25, -0.2) is 4.39 Å². The number of halogens is 2. The maximum Gasteiger partial charge on any atom is 0.251 e. The Morgan fingerprint density at radius 1 is 1.08 bits per heavy atom. The van der Waals surface area contributed by atoms with E-state index in [9.17, 15) is 18.8 Å². The molecule has 0 radical (unpaired) electrons. The Kier molecular flexibility index (Phi) is 3.40. The van der Waals surface area contributed by atoms with Crippen LogP contribution in [0.25, 0.3) is 0 Å². The molecule has 1 fully saturated rings. The molecule has 4 rings (SSSR count). The monoisotopic (exact) mass is 358 g/mol. The lowest BCUT2D eigenvalue weighted by Gasteiger charge is -2.21. The van der Waals surface area contributed by atoms with E-state index in [2.05, 4.69) is 5.32 Å². The number of nitrogens with zero attached hydrogens (tertiary/aromatic N) is 1. The predicted molar refractivity (Wildman–Crippen MR) is 88.3 cm³/mol. The van der Waals surface area contributed by atoms with Crippen molar-refractivity contribution in [3.63, 3.8) is 0 Å². The van der Waals surface area contributed by atoms with Gasteiger partial charge in [0, 0.05) is 16.8 Å². The zero-order chi connectivity index (χ0) is 17.8. The van der Waals surface area contributed by atoms with Crippen molar-refractivity contribution >= 4 is 35.0 Å². The minimum absolute atomic E-state index is 0.178. The summed E-state index contributed by atoms with van der Waals surface area (Å²) in [6, 6.07) is 12.5. The van der Waals surface area contributed by atoms with E-state index in [1.807, 2.05) is 0 Å². The first-order valence-corrected chi connectivity index (χ1v) is 8.06.